The summed E-state index contributed by atoms with van der Waals surface area (Å²) in [5.41, 5.74) is 7.33. The quantitative estimate of drug-likeness (QED) is 0.138. The van der Waals surface area contributed by atoms with Crippen molar-refractivity contribution in [1.29, 1.82) is 0 Å². The molecule has 0 bridgehead atoms. The van der Waals surface area contributed by atoms with E-state index in [2.05, 4.69) is 189 Å². The largest absolute Gasteiger partial charge is 1.00 e. The number of rotatable bonds is 8. The van der Waals surface area contributed by atoms with E-state index in [1.54, 1.807) is 31.2 Å². The number of benzene rings is 1. The van der Waals surface area contributed by atoms with E-state index in [9.17, 15) is 0 Å². The Morgan fingerprint density at radius 2 is 1.00 bits per heavy atom. The summed E-state index contributed by atoms with van der Waals surface area (Å²) in [6, 6.07) is 6.69. The van der Waals surface area contributed by atoms with Gasteiger partial charge in [-0.05, 0) is 69.6 Å². The first-order chi connectivity index (χ1) is 27.6. The normalized spacial score (nSPS) is 26.0. The van der Waals surface area contributed by atoms with Gasteiger partial charge in [0.15, 0.2) is 0 Å². The van der Waals surface area contributed by atoms with E-state index >= 15 is 0 Å². The van der Waals surface area contributed by atoms with Gasteiger partial charge in [0.25, 0.3) is 0 Å². The Balaban J connectivity index is 0.000000304. The second kappa shape index (κ2) is 25.4. The summed E-state index contributed by atoms with van der Waals surface area (Å²) in [5.74, 6) is 2.13. The Morgan fingerprint density at radius 3 is 1.50 bits per heavy atom. The van der Waals surface area contributed by atoms with E-state index in [4.69, 9.17) is 11.1 Å². The van der Waals surface area contributed by atoms with Gasteiger partial charge >= 0.3 is 56.6 Å². The fourth-order valence-electron chi connectivity index (χ4n) is 12.1. The van der Waals surface area contributed by atoms with Crippen LogP contribution in [-0.2, 0) is 0 Å². The van der Waals surface area contributed by atoms with Crippen LogP contribution < -0.4 is 56.6 Å². The molecule has 7 aliphatic carbocycles. The molecule has 0 aliphatic heterocycles. The van der Waals surface area contributed by atoms with Gasteiger partial charge in [-0.2, -0.15) is 11.1 Å². The van der Waals surface area contributed by atoms with Crippen molar-refractivity contribution in [1.82, 2.24) is 0 Å². The van der Waals surface area contributed by atoms with Crippen molar-refractivity contribution >= 4 is 93.9 Å². The van der Waals surface area contributed by atoms with E-state index < -0.39 is 44.9 Å². The fourth-order valence-corrected chi connectivity index (χ4v) is 44.7. The van der Waals surface area contributed by atoms with Crippen LogP contribution in [-0.4, -0.2) is 49.7 Å². The maximum absolute atomic E-state index is 6.54. The van der Waals surface area contributed by atoms with Crippen molar-refractivity contribution in [3.8, 4) is 0 Å². The minimum atomic E-state index is -1.44. The third-order valence-electron chi connectivity index (χ3n) is 18.6. The second-order valence-corrected chi connectivity index (χ2v) is 75.5. The standard InChI is InChI=1S/C18H35BrSi2.C18H23BrSi2.C9H17ClSi2.C5H10.3Li/c2*1-20(2,14-8-5-6-9-14)21(3,4)18-13-12-15-16(18)10-7-11-17(15)19;1-11(2,12(3,4)10)9-7-5-6-8-9;1-2-4-5-3-1;;;/h14-18H,5-13H2,1-4H3;5-14,18H,1-4H3;5-9H,1-4H3;1-5H2;;;/q;;;;3*+1. The zero-order chi connectivity index (χ0) is 43.4. The van der Waals surface area contributed by atoms with Crippen LogP contribution in [0.4, 0.5) is 0 Å². The summed E-state index contributed by atoms with van der Waals surface area (Å²) >= 11 is 14.3. The first-order valence-electron chi connectivity index (χ1n) is 24.1. The molecule has 4 saturated carbocycles. The van der Waals surface area contributed by atoms with Crippen LogP contribution in [0.25, 0.3) is 6.08 Å². The number of fused-ring (bicyclic) bond motifs is 2. The molecule has 62 heavy (non-hydrogen) atoms. The first kappa shape index (κ1) is 60.4. The van der Waals surface area contributed by atoms with Crippen LogP contribution in [0.1, 0.15) is 107 Å². The molecule has 0 saturated heterocycles. The van der Waals surface area contributed by atoms with Crippen LogP contribution in [0, 0.1) is 11.8 Å². The smallest absolute Gasteiger partial charge is 0.171 e. The molecule has 7 aliphatic rings. The van der Waals surface area contributed by atoms with Crippen molar-refractivity contribution in [2.45, 2.75) is 201 Å². The van der Waals surface area contributed by atoms with Gasteiger partial charge in [0.05, 0.1) is 22.8 Å². The van der Waals surface area contributed by atoms with E-state index in [0.29, 0.717) is 16.6 Å². The predicted octanol–water partition coefficient (Wildman–Crippen LogP) is 9.54. The number of hydrogen-bond donors (Lipinski definition) is 0. The summed E-state index contributed by atoms with van der Waals surface area (Å²) in [6.07, 6.45) is 44.4. The minimum Gasteiger partial charge on any atom is -0.171 e. The molecule has 0 N–H and O–H groups in total. The van der Waals surface area contributed by atoms with Gasteiger partial charge in [-0.25, -0.2) is 0 Å². The average molecular weight is 1070 g/mol. The van der Waals surface area contributed by atoms with E-state index in [0.717, 1.165) is 22.2 Å². The van der Waals surface area contributed by atoms with Crippen molar-refractivity contribution < 1.29 is 56.6 Å². The summed E-state index contributed by atoms with van der Waals surface area (Å²) in [7, 11) is -6.12. The Morgan fingerprint density at radius 1 is 0.500 bits per heavy atom. The van der Waals surface area contributed by atoms with Crippen LogP contribution in [0.2, 0.25) is 101 Å². The molecule has 12 heteroatoms. The Kier molecular flexibility index (Phi) is 24.7. The molecule has 1 aromatic carbocycles. The average Bonchev–Trinajstić information content (AvgIpc) is 4.03. The van der Waals surface area contributed by atoms with Gasteiger partial charge in [0.1, 0.15) is 6.90 Å². The van der Waals surface area contributed by atoms with Gasteiger partial charge in [0.2, 0.25) is 0 Å². The molecule has 8 rings (SSSR count). The zero-order valence-corrected chi connectivity index (χ0v) is 52.6. The van der Waals surface area contributed by atoms with Crippen LogP contribution in [0.5, 0.6) is 0 Å². The molecule has 5 unspecified atom stereocenters. The topological polar surface area (TPSA) is 0 Å². The van der Waals surface area contributed by atoms with Gasteiger partial charge in [0, 0.05) is 24.5 Å². The van der Waals surface area contributed by atoms with Gasteiger partial charge in [-0.1, -0.05) is 260 Å². The Labute approximate surface area is 446 Å². The first-order valence-corrected chi connectivity index (χ1v) is 48.2. The van der Waals surface area contributed by atoms with Gasteiger partial charge < -0.3 is 0 Å². The van der Waals surface area contributed by atoms with E-state index in [1.165, 1.54) is 79.8 Å². The van der Waals surface area contributed by atoms with Crippen molar-refractivity contribution in [3.05, 3.63) is 88.5 Å². The van der Waals surface area contributed by atoms with E-state index in [1.807, 2.05) is 0 Å². The Bertz CT molecular complexity index is 1680. The molecule has 0 nitrogen and oxygen atoms in total. The molecule has 5 atom stereocenters. The summed E-state index contributed by atoms with van der Waals surface area (Å²) < 4.78 is 1.24. The Hall–Kier alpha value is 2.26. The molecule has 0 amide bonds. The fraction of sp³-hybridized carbons (Fsp3) is 0.680. The van der Waals surface area contributed by atoms with Gasteiger partial charge in [-0.3, -0.25) is 0 Å². The number of alkyl halides is 1. The number of allylic oxidation sites excluding steroid dienone is 9. The zero-order valence-electron chi connectivity index (χ0n) is 42.7. The SMILES string of the molecule is C1CCCC1.C[Si](C)(C1C=CC=C1)[Si](C)(C)C1C=Cc2c(Br)cccc21.C[Si](C)(C1CCCC1)[Si](C)(C)C1CCC2C(Br)CCCC21.C[Si](C)(Cl)[Si](C)(C)C1C=CC=C1.[Li+].[Li+].[Li+]. The third kappa shape index (κ3) is 13.6. The van der Waals surface area contributed by atoms with Crippen LogP contribution in [0.15, 0.2) is 77.4 Å². The van der Waals surface area contributed by atoms with E-state index in [-0.39, 0.29) is 56.6 Å². The maximum atomic E-state index is 6.54. The summed E-state index contributed by atoms with van der Waals surface area (Å²) in [4.78, 5) is 0.849. The van der Waals surface area contributed by atoms with Crippen LogP contribution in [0.3, 0.4) is 0 Å². The molecule has 4 fully saturated rings. The molecule has 330 valence electrons. The molecule has 0 aromatic heterocycles. The van der Waals surface area contributed by atoms with Crippen molar-refractivity contribution in [2.75, 3.05) is 0 Å². The monoisotopic (exact) mass is 1070 g/mol. The molecule has 0 heterocycles. The summed E-state index contributed by atoms with van der Waals surface area (Å²) in [6.45, 7) is 29.6. The number of hydrogen-bond acceptors (Lipinski definition) is 0. The van der Waals surface area contributed by atoms with Crippen molar-refractivity contribution in [3.63, 3.8) is 0 Å². The van der Waals surface area contributed by atoms with Crippen LogP contribution >= 0.6 is 42.9 Å². The molecular formula is C50H85Br2ClLi3Si6+3. The molecule has 0 radical (unpaired) electrons. The summed E-state index contributed by atoms with van der Waals surface area (Å²) in [5, 5.41) is 0. The predicted molar refractivity (Wildman–Crippen MR) is 293 cm³/mol. The molecule has 1 aromatic rings. The van der Waals surface area contributed by atoms with Crippen molar-refractivity contribution in [2.24, 2.45) is 11.8 Å². The van der Waals surface area contributed by atoms with Gasteiger partial charge in [-0.15, -0.1) is 0 Å². The molecule has 0 spiro atoms. The third-order valence-corrected chi connectivity index (χ3v) is 80.2. The molecular weight excluding hydrogens is 985 g/mol. The number of halogens is 3. The second-order valence-electron chi connectivity index (χ2n) is 23.0. The minimum absolute atomic E-state index is 0. The maximum Gasteiger partial charge on any atom is 1.00 e.